The zero-order valence-corrected chi connectivity index (χ0v) is 16.7. The number of aromatic nitrogens is 3. The van der Waals surface area contributed by atoms with E-state index in [-0.39, 0.29) is 0 Å². The second kappa shape index (κ2) is 9.30. The third-order valence-corrected chi connectivity index (χ3v) is 5.83. The predicted molar refractivity (Wildman–Crippen MR) is 112 cm³/mol. The highest BCUT2D eigenvalue weighted by Crippen LogP contribution is 2.38. The van der Waals surface area contributed by atoms with Crippen LogP contribution in [0.1, 0.15) is 54.8 Å². The van der Waals surface area contributed by atoms with Gasteiger partial charge in [0.15, 0.2) is 0 Å². The predicted octanol–water partition coefficient (Wildman–Crippen LogP) is 4.65. The van der Waals surface area contributed by atoms with Crippen LogP contribution in [0, 0.1) is 0 Å². The van der Waals surface area contributed by atoms with Crippen LogP contribution in [0.2, 0.25) is 0 Å². The molecule has 3 aromatic heterocycles. The van der Waals surface area contributed by atoms with E-state index in [0.29, 0.717) is 5.92 Å². The minimum Gasteiger partial charge on any atom is -0.385 e. The molecule has 0 spiro atoms. The molecule has 148 valence electrons. The second-order valence-electron chi connectivity index (χ2n) is 7.81. The average Bonchev–Trinajstić information content (AvgIpc) is 3.37. The van der Waals surface area contributed by atoms with E-state index in [0.717, 1.165) is 38.3 Å². The molecule has 0 saturated heterocycles. The summed E-state index contributed by atoms with van der Waals surface area (Å²) < 4.78 is 5.30. The van der Waals surface area contributed by atoms with Crippen molar-refractivity contribution < 1.29 is 4.74 Å². The van der Waals surface area contributed by atoms with E-state index in [1.54, 1.807) is 7.11 Å². The Morgan fingerprint density at radius 2 is 1.93 bits per heavy atom. The number of hydrogen-bond donors (Lipinski definition) is 1. The Labute approximate surface area is 167 Å². The third kappa shape index (κ3) is 4.42. The molecule has 3 heterocycles. The summed E-state index contributed by atoms with van der Waals surface area (Å²) in [6, 6.07) is 8.48. The number of methoxy groups -OCH3 is 1. The summed E-state index contributed by atoms with van der Waals surface area (Å²) >= 11 is 0. The molecular weight excluding hydrogens is 348 g/mol. The monoisotopic (exact) mass is 378 g/mol. The van der Waals surface area contributed by atoms with Crippen LogP contribution in [0.4, 0.5) is 0 Å². The van der Waals surface area contributed by atoms with E-state index in [9.17, 15) is 0 Å². The summed E-state index contributed by atoms with van der Waals surface area (Å²) in [5, 5.41) is 1.27. The maximum absolute atomic E-state index is 5.30. The number of hydrogen-bond acceptors (Lipinski definition) is 4. The molecule has 3 aromatic rings. The summed E-state index contributed by atoms with van der Waals surface area (Å²) in [6.45, 7) is 3.65. The minimum atomic E-state index is 0.644. The molecule has 1 N–H and O–H groups in total. The van der Waals surface area contributed by atoms with Crippen molar-refractivity contribution in [2.45, 2.75) is 51.1 Å². The first-order chi connectivity index (χ1) is 13.8. The molecule has 1 aliphatic rings. The number of nitrogens with one attached hydrogen (secondary N) is 1. The van der Waals surface area contributed by atoms with Crippen molar-refractivity contribution in [1.29, 1.82) is 0 Å². The molecule has 0 bridgehead atoms. The first-order valence-electron chi connectivity index (χ1n) is 10.4. The lowest BCUT2D eigenvalue weighted by Gasteiger charge is -2.24. The van der Waals surface area contributed by atoms with Gasteiger partial charge in [0.25, 0.3) is 0 Å². The Balaban J connectivity index is 1.62. The van der Waals surface area contributed by atoms with Crippen LogP contribution in [0.3, 0.4) is 0 Å². The van der Waals surface area contributed by atoms with Gasteiger partial charge in [-0.05, 0) is 60.6 Å². The van der Waals surface area contributed by atoms with Gasteiger partial charge in [0.1, 0.15) is 5.65 Å². The highest BCUT2D eigenvalue weighted by atomic mass is 16.5. The van der Waals surface area contributed by atoms with Crippen LogP contribution in [0.25, 0.3) is 11.0 Å². The highest BCUT2D eigenvalue weighted by molar-refractivity contribution is 5.81. The van der Waals surface area contributed by atoms with Crippen LogP contribution < -0.4 is 0 Å². The Hall–Kier alpha value is -2.24. The summed E-state index contributed by atoms with van der Waals surface area (Å²) in [7, 11) is 1.77. The van der Waals surface area contributed by atoms with E-state index >= 15 is 0 Å². The minimum absolute atomic E-state index is 0.644. The molecule has 0 amide bonds. The summed E-state index contributed by atoms with van der Waals surface area (Å²) in [4.78, 5) is 15.0. The van der Waals surface area contributed by atoms with Gasteiger partial charge in [-0.2, -0.15) is 0 Å². The normalized spacial score (nSPS) is 15.1. The quantitative estimate of drug-likeness (QED) is 0.551. The fraction of sp³-hybridized carbons (Fsp3) is 0.478. The molecule has 28 heavy (non-hydrogen) atoms. The molecule has 0 atom stereocenters. The van der Waals surface area contributed by atoms with Gasteiger partial charge in [0.05, 0.1) is 0 Å². The number of nitrogens with zero attached hydrogens (tertiary/aromatic N) is 3. The Morgan fingerprint density at radius 3 is 2.71 bits per heavy atom. The van der Waals surface area contributed by atoms with E-state index in [4.69, 9.17) is 4.74 Å². The SMILES string of the molecule is COCCCN(Cc1ccncc1)Cc1c(C2CCCC2)[nH]c2ncccc12. The molecule has 1 saturated carbocycles. The van der Waals surface area contributed by atoms with Crippen molar-refractivity contribution >= 4 is 11.0 Å². The first-order valence-corrected chi connectivity index (χ1v) is 10.4. The van der Waals surface area contributed by atoms with E-state index < -0.39 is 0 Å². The van der Waals surface area contributed by atoms with Crippen LogP contribution in [-0.2, 0) is 17.8 Å². The standard InChI is InChI=1S/C23H30N4O/c1-28-15-5-14-27(16-18-9-12-24-13-10-18)17-21-20-8-4-11-25-23(20)26-22(21)19-6-2-3-7-19/h4,8-13,19H,2-3,5-7,14-17H2,1H3,(H,25,26). The number of ether oxygens (including phenoxy) is 1. The fourth-order valence-corrected chi connectivity index (χ4v) is 4.45. The molecule has 0 unspecified atom stereocenters. The summed E-state index contributed by atoms with van der Waals surface area (Å²) in [5.74, 6) is 0.644. The first kappa shape index (κ1) is 19.1. The lowest BCUT2D eigenvalue weighted by molar-refractivity contribution is 0.166. The smallest absolute Gasteiger partial charge is 0.137 e. The zero-order valence-electron chi connectivity index (χ0n) is 16.7. The van der Waals surface area contributed by atoms with Crippen LogP contribution in [-0.4, -0.2) is 40.1 Å². The van der Waals surface area contributed by atoms with Crippen molar-refractivity contribution in [3.8, 4) is 0 Å². The topological polar surface area (TPSA) is 54.0 Å². The van der Waals surface area contributed by atoms with Gasteiger partial charge in [0.2, 0.25) is 0 Å². The van der Waals surface area contributed by atoms with Crippen molar-refractivity contribution in [1.82, 2.24) is 19.9 Å². The second-order valence-corrected chi connectivity index (χ2v) is 7.81. The molecule has 1 fully saturated rings. The molecule has 0 radical (unpaired) electrons. The summed E-state index contributed by atoms with van der Waals surface area (Å²) in [6.07, 6.45) is 11.9. The maximum atomic E-state index is 5.30. The molecule has 5 nitrogen and oxygen atoms in total. The third-order valence-electron chi connectivity index (χ3n) is 5.83. The zero-order chi connectivity index (χ0) is 19.2. The van der Waals surface area contributed by atoms with E-state index in [1.807, 2.05) is 18.6 Å². The lowest BCUT2D eigenvalue weighted by atomic mass is 9.98. The maximum Gasteiger partial charge on any atom is 0.137 e. The average molecular weight is 379 g/mol. The number of H-pyrrole nitrogens is 1. The highest BCUT2D eigenvalue weighted by Gasteiger charge is 2.24. The molecule has 5 heteroatoms. The van der Waals surface area contributed by atoms with Crippen LogP contribution in [0.5, 0.6) is 0 Å². The molecule has 0 aromatic carbocycles. The van der Waals surface area contributed by atoms with Gasteiger partial charge in [-0.25, -0.2) is 4.98 Å². The van der Waals surface area contributed by atoms with Gasteiger partial charge in [0, 0.05) is 63.0 Å². The molecule has 4 rings (SSSR count). The molecule has 0 aliphatic heterocycles. The number of pyridine rings is 2. The van der Waals surface area contributed by atoms with Gasteiger partial charge >= 0.3 is 0 Å². The van der Waals surface area contributed by atoms with Crippen LogP contribution in [0.15, 0.2) is 42.9 Å². The lowest BCUT2D eigenvalue weighted by Crippen LogP contribution is -2.25. The number of fused-ring (bicyclic) bond motifs is 1. The molecular formula is C23H30N4O. The Morgan fingerprint density at radius 1 is 1.11 bits per heavy atom. The van der Waals surface area contributed by atoms with Crippen molar-refractivity contribution in [2.24, 2.45) is 0 Å². The fourth-order valence-electron chi connectivity index (χ4n) is 4.45. The van der Waals surface area contributed by atoms with E-state index in [1.165, 1.54) is 47.9 Å². The Kier molecular flexibility index (Phi) is 6.34. The van der Waals surface area contributed by atoms with Crippen molar-refractivity contribution in [3.63, 3.8) is 0 Å². The van der Waals surface area contributed by atoms with Gasteiger partial charge in [-0.3, -0.25) is 9.88 Å². The van der Waals surface area contributed by atoms with Crippen molar-refractivity contribution in [2.75, 3.05) is 20.3 Å². The van der Waals surface area contributed by atoms with Gasteiger partial charge in [-0.15, -0.1) is 0 Å². The van der Waals surface area contributed by atoms with Gasteiger partial charge in [-0.1, -0.05) is 12.8 Å². The Bertz CT molecular complexity index is 871. The van der Waals surface area contributed by atoms with Gasteiger partial charge < -0.3 is 9.72 Å². The van der Waals surface area contributed by atoms with Crippen LogP contribution >= 0.6 is 0 Å². The number of rotatable bonds is 9. The summed E-state index contributed by atoms with van der Waals surface area (Å²) in [5.41, 5.74) is 5.17. The largest absolute Gasteiger partial charge is 0.385 e. The van der Waals surface area contributed by atoms with E-state index in [2.05, 4.69) is 44.1 Å². The number of aromatic amines is 1. The van der Waals surface area contributed by atoms with Crippen molar-refractivity contribution in [3.05, 3.63) is 59.7 Å². The molecule has 1 aliphatic carbocycles.